The van der Waals surface area contributed by atoms with Gasteiger partial charge in [-0.15, -0.1) is 24.0 Å². The van der Waals surface area contributed by atoms with Gasteiger partial charge in [0.05, 0.1) is 0 Å². The molecule has 7 nitrogen and oxygen atoms in total. The zero-order chi connectivity index (χ0) is 19.6. The largest absolute Gasteiger partial charge is 0.511 e. The van der Waals surface area contributed by atoms with Crippen LogP contribution in [0.3, 0.4) is 0 Å². The lowest BCUT2D eigenvalue weighted by Gasteiger charge is -2.32. The molecule has 0 saturated carbocycles. The standard InChI is InChI=1S/C15H29F3N4O3S.HI/c1-3-4-11-25-12-5-8-20-14(19-2)21-13-6-9-22(10-7-13)26(23,24)15(16,17)18;/h13H,3-12H2,1-2H3,(H2,19,20,21);1H. The van der Waals surface area contributed by atoms with Crippen LogP contribution in [0.4, 0.5) is 13.2 Å². The summed E-state index contributed by atoms with van der Waals surface area (Å²) < 4.78 is 66.4. The molecule has 12 heteroatoms. The molecule has 1 aliphatic rings. The van der Waals surface area contributed by atoms with E-state index >= 15 is 0 Å². The zero-order valence-corrected chi connectivity index (χ0v) is 18.9. The van der Waals surface area contributed by atoms with Crippen LogP contribution < -0.4 is 10.6 Å². The number of sulfonamides is 1. The second-order valence-electron chi connectivity index (χ2n) is 6.09. The van der Waals surface area contributed by atoms with E-state index in [4.69, 9.17) is 4.74 Å². The summed E-state index contributed by atoms with van der Waals surface area (Å²) in [5.41, 5.74) is -5.25. The zero-order valence-electron chi connectivity index (χ0n) is 15.7. The molecule has 0 atom stereocenters. The van der Waals surface area contributed by atoms with Crippen molar-refractivity contribution in [3.8, 4) is 0 Å². The van der Waals surface area contributed by atoms with E-state index in [2.05, 4.69) is 22.5 Å². The average molecular weight is 530 g/mol. The lowest BCUT2D eigenvalue weighted by molar-refractivity contribution is -0.0494. The number of nitrogens with one attached hydrogen (secondary N) is 2. The summed E-state index contributed by atoms with van der Waals surface area (Å²) >= 11 is 0. The minimum absolute atomic E-state index is 0. The minimum Gasteiger partial charge on any atom is -0.381 e. The highest BCUT2D eigenvalue weighted by molar-refractivity contribution is 14.0. The van der Waals surface area contributed by atoms with Crippen LogP contribution in [0.25, 0.3) is 0 Å². The molecular weight excluding hydrogens is 500 g/mol. The first-order valence-electron chi connectivity index (χ1n) is 8.83. The molecule has 0 amide bonds. The number of hydrogen-bond acceptors (Lipinski definition) is 4. The summed E-state index contributed by atoms with van der Waals surface area (Å²) in [5.74, 6) is 0.552. The van der Waals surface area contributed by atoms with Gasteiger partial charge in [-0.05, 0) is 25.7 Å². The highest BCUT2D eigenvalue weighted by Gasteiger charge is 2.50. The van der Waals surface area contributed by atoms with Crippen LogP contribution in [-0.4, -0.2) is 70.1 Å². The molecule has 1 saturated heterocycles. The number of piperidine rings is 1. The first kappa shape index (κ1) is 26.7. The third kappa shape index (κ3) is 9.13. The van der Waals surface area contributed by atoms with Crippen LogP contribution in [0.1, 0.15) is 39.0 Å². The Morgan fingerprint density at radius 2 is 1.81 bits per heavy atom. The van der Waals surface area contributed by atoms with Crippen molar-refractivity contribution < 1.29 is 26.3 Å². The molecule has 1 heterocycles. The van der Waals surface area contributed by atoms with E-state index in [-0.39, 0.29) is 55.9 Å². The smallest absolute Gasteiger partial charge is 0.381 e. The third-order valence-corrected chi connectivity index (χ3v) is 5.68. The third-order valence-electron chi connectivity index (χ3n) is 4.05. The molecule has 0 aromatic carbocycles. The van der Waals surface area contributed by atoms with Gasteiger partial charge in [-0.2, -0.15) is 17.5 Å². The fourth-order valence-corrected chi connectivity index (χ4v) is 3.49. The molecule has 0 spiro atoms. The second kappa shape index (κ2) is 13.0. The molecule has 27 heavy (non-hydrogen) atoms. The summed E-state index contributed by atoms with van der Waals surface area (Å²) in [5, 5.41) is 6.24. The fourth-order valence-electron chi connectivity index (χ4n) is 2.50. The number of halogens is 4. The molecule has 0 unspecified atom stereocenters. The van der Waals surface area contributed by atoms with Gasteiger partial charge in [-0.1, -0.05) is 13.3 Å². The normalized spacial score (nSPS) is 17.4. The van der Waals surface area contributed by atoms with Crippen LogP contribution in [0.2, 0.25) is 0 Å². The first-order valence-corrected chi connectivity index (χ1v) is 10.3. The lowest BCUT2D eigenvalue weighted by atomic mass is 10.1. The van der Waals surface area contributed by atoms with Gasteiger partial charge in [0.25, 0.3) is 0 Å². The van der Waals surface area contributed by atoms with Crippen molar-refractivity contribution in [3.05, 3.63) is 0 Å². The maximum Gasteiger partial charge on any atom is 0.511 e. The van der Waals surface area contributed by atoms with Gasteiger partial charge in [-0.25, -0.2) is 8.42 Å². The number of nitrogens with zero attached hydrogens (tertiary/aromatic N) is 2. The van der Waals surface area contributed by atoms with Crippen molar-refractivity contribution in [2.75, 3.05) is 39.9 Å². The Labute approximate surface area is 176 Å². The number of ether oxygens (including phenoxy) is 1. The molecule has 0 radical (unpaired) electrons. The molecule has 162 valence electrons. The van der Waals surface area contributed by atoms with Crippen LogP contribution in [0.15, 0.2) is 4.99 Å². The van der Waals surface area contributed by atoms with Crippen molar-refractivity contribution in [1.82, 2.24) is 14.9 Å². The summed E-state index contributed by atoms with van der Waals surface area (Å²) in [6.07, 6.45) is 3.52. The van der Waals surface area contributed by atoms with Gasteiger partial charge in [-0.3, -0.25) is 4.99 Å². The predicted molar refractivity (Wildman–Crippen MR) is 110 cm³/mol. The van der Waals surface area contributed by atoms with Crippen molar-refractivity contribution >= 4 is 40.0 Å². The number of alkyl halides is 3. The Kier molecular flexibility index (Phi) is 12.8. The SMILES string of the molecule is CCCCOCCCNC(=NC)NC1CCN(S(=O)(=O)C(F)(F)F)CC1.I. The lowest BCUT2D eigenvalue weighted by Crippen LogP contribution is -2.51. The van der Waals surface area contributed by atoms with E-state index in [0.29, 0.717) is 23.4 Å². The maximum absolute atomic E-state index is 12.6. The second-order valence-corrected chi connectivity index (χ2v) is 8.02. The van der Waals surface area contributed by atoms with E-state index < -0.39 is 15.5 Å². The maximum atomic E-state index is 12.6. The number of aliphatic imine (C=N–C) groups is 1. The highest BCUT2D eigenvalue weighted by atomic mass is 127. The topological polar surface area (TPSA) is 83.0 Å². The Hall–Kier alpha value is -0.340. The highest BCUT2D eigenvalue weighted by Crippen LogP contribution is 2.28. The Morgan fingerprint density at radius 3 is 2.33 bits per heavy atom. The Bertz CT molecular complexity index is 539. The van der Waals surface area contributed by atoms with E-state index in [1.54, 1.807) is 7.05 Å². The van der Waals surface area contributed by atoms with Gasteiger partial charge in [0, 0.05) is 45.9 Å². The van der Waals surface area contributed by atoms with Crippen LogP contribution in [0, 0.1) is 0 Å². The van der Waals surface area contributed by atoms with E-state index in [9.17, 15) is 21.6 Å². The molecule has 1 aliphatic heterocycles. The molecule has 0 bridgehead atoms. The van der Waals surface area contributed by atoms with Crippen molar-refractivity contribution in [2.45, 2.75) is 50.6 Å². The van der Waals surface area contributed by atoms with E-state index in [0.717, 1.165) is 25.9 Å². The molecule has 0 aromatic heterocycles. The first-order chi connectivity index (χ1) is 12.2. The van der Waals surface area contributed by atoms with Crippen LogP contribution >= 0.6 is 24.0 Å². The molecule has 1 fully saturated rings. The number of guanidine groups is 1. The predicted octanol–water partition coefficient (Wildman–Crippen LogP) is 2.29. The summed E-state index contributed by atoms with van der Waals surface area (Å²) in [4.78, 5) is 4.08. The van der Waals surface area contributed by atoms with Crippen LogP contribution in [0.5, 0.6) is 0 Å². The van der Waals surface area contributed by atoms with E-state index in [1.165, 1.54) is 0 Å². The molecule has 2 N–H and O–H groups in total. The molecule has 0 aromatic rings. The van der Waals surface area contributed by atoms with Gasteiger partial charge in [0.15, 0.2) is 5.96 Å². The van der Waals surface area contributed by atoms with Gasteiger partial charge >= 0.3 is 15.5 Å². The monoisotopic (exact) mass is 530 g/mol. The molecular formula is C15H30F3IN4O3S. The Balaban J connectivity index is 0.00000676. The van der Waals surface area contributed by atoms with Crippen molar-refractivity contribution in [2.24, 2.45) is 4.99 Å². The average Bonchev–Trinajstić information content (AvgIpc) is 2.59. The Morgan fingerprint density at radius 1 is 1.22 bits per heavy atom. The summed E-state index contributed by atoms with van der Waals surface area (Å²) in [7, 11) is -3.63. The summed E-state index contributed by atoms with van der Waals surface area (Å²) in [6.45, 7) is 3.83. The minimum atomic E-state index is -5.25. The van der Waals surface area contributed by atoms with Crippen molar-refractivity contribution in [1.29, 1.82) is 0 Å². The van der Waals surface area contributed by atoms with Gasteiger partial charge < -0.3 is 15.4 Å². The number of hydrogen-bond donors (Lipinski definition) is 2. The number of rotatable bonds is 9. The van der Waals surface area contributed by atoms with E-state index in [1.807, 2.05) is 0 Å². The molecule has 0 aliphatic carbocycles. The molecule has 1 rings (SSSR count). The van der Waals surface area contributed by atoms with Gasteiger partial charge in [0.1, 0.15) is 0 Å². The van der Waals surface area contributed by atoms with Crippen LogP contribution in [-0.2, 0) is 14.8 Å². The summed E-state index contributed by atoms with van der Waals surface area (Å²) in [6, 6.07) is -0.123. The quantitative estimate of drug-likeness (QED) is 0.207. The van der Waals surface area contributed by atoms with Gasteiger partial charge in [0.2, 0.25) is 0 Å². The number of unbranched alkanes of at least 4 members (excludes halogenated alkanes) is 1. The fraction of sp³-hybridized carbons (Fsp3) is 0.933. The van der Waals surface area contributed by atoms with Crippen molar-refractivity contribution in [3.63, 3.8) is 0 Å².